The highest BCUT2D eigenvalue weighted by Crippen LogP contribution is 2.02. The van der Waals surface area contributed by atoms with Gasteiger partial charge in [-0.1, -0.05) is 11.8 Å². The Morgan fingerprint density at radius 1 is 1.75 bits per heavy atom. The van der Waals surface area contributed by atoms with Gasteiger partial charge in [0.25, 0.3) is 0 Å². The second-order valence-electron chi connectivity index (χ2n) is 1.94. The van der Waals surface area contributed by atoms with Gasteiger partial charge in [-0.25, -0.2) is 0 Å². The topological polar surface area (TPSA) is 51.5 Å². The van der Waals surface area contributed by atoms with Crippen molar-refractivity contribution in [1.82, 2.24) is 0 Å². The number of hydrogen-bond acceptors (Lipinski definition) is 3. The van der Waals surface area contributed by atoms with E-state index in [1.54, 1.807) is 6.26 Å². The van der Waals surface area contributed by atoms with Crippen molar-refractivity contribution in [3.8, 4) is 0 Å². The van der Waals surface area contributed by atoms with E-state index in [2.05, 4.69) is 4.99 Å². The summed E-state index contributed by atoms with van der Waals surface area (Å²) < 4.78 is 5.06. The van der Waals surface area contributed by atoms with E-state index >= 15 is 0 Å². The molecule has 1 heterocycles. The summed E-state index contributed by atoms with van der Waals surface area (Å²) in [4.78, 5) is 4.05. The highest BCUT2D eigenvalue weighted by molar-refractivity contribution is 14.0. The third-order valence-electron chi connectivity index (χ3n) is 1.18. The number of rotatable bonds is 2. The summed E-state index contributed by atoms with van der Waals surface area (Å²) >= 11 is 1.43. The molecule has 0 atom stereocenters. The lowest BCUT2D eigenvalue weighted by Gasteiger charge is -1.92. The summed E-state index contributed by atoms with van der Waals surface area (Å²) in [7, 11) is 0. The number of nitrogens with two attached hydrogens (primary N) is 1. The van der Waals surface area contributed by atoms with Gasteiger partial charge in [0.1, 0.15) is 5.76 Å². The number of hydrogen-bond donors (Lipinski definition) is 1. The standard InChI is InChI=1S/C7H10N2OS.HI/c1-11-7(8)9-5-6-3-2-4-10-6;/h2-4H,5H2,1H3,(H2,8,9);1H. The van der Waals surface area contributed by atoms with Crippen molar-refractivity contribution in [3.63, 3.8) is 0 Å². The van der Waals surface area contributed by atoms with Gasteiger partial charge in [-0.15, -0.1) is 24.0 Å². The molecule has 0 aliphatic carbocycles. The van der Waals surface area contributed by atoms with E-state index in [4.69, 9.17) is 10.2 Å². The number of halogens is 1. The summed E-state index contributed by atoms with van der Waals surface area (Å²) in [6.45, 7) is 0.527. The normalized spacial score (nSPS) is 10.9. The van der Waals surface area contributed by atoms with E-state index in [1.165, 1.54) is 11.8 Å². The van der Waals surface area contributed by atoms with Gasteiger partial charge in [0.15, 0.2) is 5.17 Å². The van der Waals surface area contributed by atoms with Gasteiger partial charge >= 0.3 is 0 Å². The van der Waals surface area contributed by atoms with Gasteiger partial charge in [0.2, 0.25) is 0 Å². The zero-order chi connectivity index (χ0) is 8.10. The minimum absolute atomic E-state index is 0. The van der Waals surface area contributed by atoms with Crippen LogP contribution in [0.25, 0.3) is 0 Å². The van der Waals surface area contributed by atoms with Crippen molar-refractivity contribution >= 4 is 40.9 Å². The molecule has 1 aromatic rings. The first kappa shape index (κ1) is 11.8. The quantitative estimate of drug-likeness (QED) is 0.516. The molecule has 1 rings (SSSR count). The largest absolute Gasteiger partial charge is 0.467 e. The molecule has 0 saturated carbocycles. The molecule has 0 aromatic carbocycles. The average molecular weight is 298 g/mol. The third-order valence-corrected chi connectivity index (χ3v) is 1.73. The molecule has 3 nitrogen and oxygen atoms in total. The van der Waals surface area contributed by atoms with Gasteiger partial charge in [0, 0.05) is 0 Å². The summed E-state index contributed by atoms with van der Waals surface area (Å²) in [6, 6.07) is 3.71. The first-order valence-electron chi connectivity index (χ1n) is 3.19. The fraction of sp³-hybridized carbons (Fsp3) is 0.286. The highest BCUT2D eigenvalue weighted by Gasteiger charge is 1.92. The van der Waals surface area contributed by atoms with E-state index < -0.39 is 0 Å². The molecule has 0 unspecified atom stereocenters. The SMILES string of the molecule is CSC(N)=NCc1ccco1.I. The van der Waals surface area contributed by atoms with E-state index in [-0.39, 0.29) is 24.0 Å². The molecule has 0 fully saturated rings. The molecule has 1 aromatic heterocycles. The Balaban J connectivity index is 0.00000121. The fourth-order valence-corrected chi connectivity index (χ4v) is 0.817. The van der Waals surface area contributed by atoms with Crippen LogP contribution in [0.4, 0.5) is 0 Å². The first-order valence-corrected chi connectivity index (χ1v) is 4.41. The maximum Gasteiger partial charge on any atom is 0.154 e. The lowest BCUT2D eigenvalue weighted by molar-refractivity contribution is 0.513. The fourth-order valence-electron chi connectivity index (χ4n) is 0.623. The lowest BCUT2D eigenvalue weighted by Crippen LogP contribution is -2.05. The van der Waals surface area contributed by atoms with E-state index in [9.17, 15) is 0 Å². The minimum Gasteiger partial charge on any atom is -0.467 e. The van der Waals surface area contributed by atoms with Crippen LogP contribution in [-0.4, -0.2) is 11.4 Å². The van der Waals surface area contributed by atoms with Crippen molar-refractivity contribution in [2.24, 2.45) is 10.7 Å². The number of nitrogens with zero attached hydrogens (tertiary/aromatic N) is 1. The molecule has 0 saturated heterocycles. The van der Waals surface area contributed by atoms with Gasteiger partial charge in [-0.3, -0.25) is 4.99 Å². The predicted octanol–water partition coefficient (Wildman–Crippen LogP) is 2.08. The Morgan fingerprint density at radius 3 is 3.00 bits per heavy atom. The van der Waals surface area contributed by atoms with Crippen molar-refractivity contribution < 1.29 is 4.42 Å². The lowest BCUT2D eigenvalue weighted by atomic mass is 10.5. The van der Waals surface area contributed by atoms with Crippen molar-refractivity contribution in [2.75, 3.05) is 6.26 Å². The van der Waals surface area contributed by atoms with Crippen LogP contribution >= 0.6 is 35.7 Å². The summed E-state index contributed by atoms with van der Waals surface area (Å²) in [5.41, 5.74) is 5.46. The van der Waals surface area contributed by atoms with Crippen LogP contribution in [0.1, 0.15) is 5.76 Å². The molecule has 5 heteroatoms. The molecule has 68 valence electrons. The molecule has 0 spiro atoms. The molecule has 0 aliphatic rings. The Labute approximate surface area is 92.8 Å². The monoisotopic (exact) mass is 298 g/mol. The predicted molar refractivity (Wildman–Crippen MR) is 63.0 cm³/mol. The number of aliphatic imine (C=N–C) groups is 1. The van der Waals surface area contributed by atoms with E-state index in [0.29, 0.717) is 11.7 Å². The van der Waals surface area contributed by atoms with E-state index in [0.717, 1.165) is 5.76 Å². The zero-order valence-electron chi connectivity index (χ0n) is 6.69. The smallest absolute Gasteiger partial charge is 0.154 e. The van der Waals surface area contributed by atoms with Crippen LogP contribution < -0.4 is 5.73 Å². The zero-order valence-corrected chi connectivity index (χ0v) is 9.84. The molecule has 0 amide bonds. The average Bonchev–Trinajstić information content (AvgIpc) is 2.52. The highest BCUT2D eigenvalue weighted by atomic mass is 127. The Kier molecular flexibility index (Phi) is 6.27. The van der Waals surface area contributed by atoms with Crippen molar-refractivity contribution in [2.45, 2.75) is 6.54 Å². The molecule has 0 aliphatic heterocycles. The van der Waals surface area contributed by atoms with Crippen LogP contribution in [0.15, 0.2) is 27.8 Å². The van der Waals surface area contributed by atoms with Gasteiger partial charge < -0.3 is 10.2 Å². The number of thioether (sulfide) groups is 1. The maximum absolute atomic E-state index is 5.46. The van der Waals surface area contributed by atoms with Crippen LogP contribution in [0.5, 0.6) is 0 Å². The van der Waals surface area contributed by atoms with Gasteiger partial charge in [-0.05, 0) is 18.4 Å². The molecular formula is C7H11IN2OS. The summed E-state index contributed by atoms with van der Waals surface area (Å²) in [5, 5.41) is 0.585. The summed E-state index contributed by atoms with van der Waals surface area (Å²) in [6.07, 6.45) is 3.51. The number of amidine groups is 1. The van der Waals surface area contributed by atoms with Crippen LogP contribution in [0.2, 0.25) is 0 Å². The molecule has 2 N–H and O–H groups in total. The Bertz CT molecular complexity index is 236. The Morgan fingerprint density at radius 2 is 2.50 bits per heavy atom. The van der Waals surface area contributed by atoms with Gasteiger partial charge in [-0.2, -0.15) is 0 Å². The minimum atomic E-state index is 0. The second-order valence-corrected chi connectivity index (χ2v) is 2.76. The molecule has 12 heavy (non-hydrogen) atoms. The van der Waals surface area contributed by atoms with Gasteiger partial charge in [0.05, 0.1) is 12.8 Å². The second kappa shape index (κ2) is 6.36. The van der Waals surface area contributed by atoms with E-state index in [1.807, 2.05) is 18.4 Å². The first-order chi connectivity index (χ1) is 5.33. The molecule has 0 radical (unpaired) electrons. The van der Waals surface area contributed by atoms with Crippen molar-refractivity contribution in [1.29, 1.82) is 0 Å². The van der Waals surface area contributed by atoms with Crippen LogP contribution in [-0.2, 0) is 6.54 Å². The molecular weight excluding hydrogens is 287 g/mol. The van der Waals surface area contributed by atoms with Crippen LogP contribution in [0.3, 0.4) is 0 Å². The molecule has 0 bridgehead atoms. The van der Waals surface area contributed by atoms with Crippen LogP contribution in [0, 0.1) is 0 Å². The number of furan rings is 1. The van der Waals surface area contributed by atoms with Crippen molar-refractivity contribution in [3.05, 3.63) is 24.2 Å². The summed E-state index contributed by atoms with van der Waals surface area (Å²) in [5.74, 6) is 0.835. The maximum atomic E-state index is 5.46. The third kappa shape index (κ3) is 4.01. The Hall–Kier alpha value is -0.170.